The number of halogens is 1. The van der Waals surface area contributed by atoms with Crippen LogP contribution in [0.1, 0.15) is 0 Å². The molecule has 0 amide bonds. The van der Waals surface area contributed by atoms with Gasteiger partial charge in [-0.15, -0.1) is 0 Å². The van der Waals surface area contributed by atoms with Crippen LogP contribution >= 0.6 is 15.9 Å². The first-order valence-electron chi connectivity index (χ1n) is 5.29. The Morgan fingerprint density at radius 1 is 1.41 bits per heavy atom. The van der Waals surface area contributed by atoms with E-state index in [1.54, 1.807) is 6.20 Å². The van der Waals surface area contributed by atoms with Gasteiger partial charge in [-0.1, -0.05) is 0 Å². The van der Waals surface area contributed by atoms with Crippen LogP contribution in [0.15, 0.2) is 28.9 Å². The van der Waals surface area contributed by atoms with E-state index in [2.05, 4.69) is 20.9 Å². The number of rotatable bonds is 3. The van der Waals surface area contributed by atoms with Crippen molar-refractivity contribution >= 4 is 38.2 Å². The van der Waals surface area contributed by atoms with E-state index in [1.165, 1.54) is 0 Å². The van der Waals surface area contributed by atoms with Crippen LogP contribution in [0.2, 0.25) is 0 Å². The number of aliphatic hydroxyl groups excluding tert-OH is 1. The van der Waals surface area contributed by atoms with Crippen molar-refractivity contribution in [3.8, 4) is 0 Å². The van der Waals surface area contributed by atoms with Gasteiger partial charge in [0.25, 0.3) is 0 Å². The van der Waals surface area contributed by atoms with Crippen LogP contribution < -0.4 is 10.6 Å². The zero-order valence-corrected chi connectivity index (χ0v) is 11.1. The van der Waals surface area contributed by atoms with Crippen LogP contribution in [0, 0.1) is 0 Å². The van der Waals surface area contributed by atoms with Gasteiger partial charge >= 0.3 is 0 Å². The molecule has 0 spiro atoms. The molecule has 0 aliphatic rings. The number of nitrogens with zero attached hydrogens (tertiary/aromatic N) is 2. The summed E-state index contributed by atoms with van der Waals surface area (Å²) < 4.78 is 0.918. The van der Waals surface area contributed by atoms with E-state index in [0.29, 0.717) is 6.54 Å². The number of likely N-dealkylation sites (N-methyl/N-ethyl adjacent to an activating group) is 1. The van der Waals surface area contributed by atoms with Crippen molar-refractivity contribution in [2.24, 2.45) is 0 Å². The summed E-state index contributed by atoms with van der Waals surface area (Å²) in [6, 6.07) is 5.72. The highest BCUT2D eigenvalue weighted by Gasteiger charge is 2.09. The van der Waals surface area contributed by atoms with Gasteiger partial charge in [0.05, 0.1) is 6.61 Å². The number of aliphatic hydroxyl groups is 1. The largest absolute Gasteiger partial charge is 0.399 e. The number of hydrogen-bond acceptors (Lipinski definition) is 4. The second-order valence-corrected chi connectivity index (χ2v) is 4.73. The highest BCUT2D eigenvalue weighted by atomic mass is 79.9. The normalized spacial score (nSPS) is 10.8. The van der Waals surface area contributed by atoms with Crippen LogP contribution in [-0.4, -0.2) is 30.3 Å². The number of nitrogen functional groups attached to an aromatic ring is 1. The van der Waals surface area contributed by atoms with Gasteiger partial charge in [0.1, 0.15) is 5.82 Å². The van der Waals surface area contributed by atoms with E-state index in [9.17, 15) is 0 Å². The fourth-order valence-electron chi connectivity index (χ4n) is 1.77. The zero-order chi connectivity index (χ0) is 12.4. The Balaban J connectivity index is 2.61. The van der Waals surface area contributed by atoms with E-state index in [1.807, 2.05) is 30.1 Å². The lowest BCUT2D eigenvalue weighted by Crippen LogP contribution is -2.22. The first-order valence-corrected chi connectivity index (χ1v) is 6.08. The maximum Gasteiger partial charge on any atom is 0.136 e. The third kappa shape index (κ3) is 2.35. The summed E-state index contributed by atoms with van der Waals surface area (Å²) in [5.41, 5.74) is 6.51. The molecule has 2 aromatic rings. The predicted molar refractivity (Wildman–Crippen MR) is 74.2 cm³/mol. The summed E-state index contributed by atoms with van der Waals surface area (Å²) in [4.78, 5) is 6.30. The first kappa shape index (κ1) is 12.1. The van der Waals surface area contributed by atoms with Gasteiger partial charge in [0.15, 0.2) is 0 Å². The van der Waals surface area contributed by atoms with Crippen molar-refractivity contribution in [1.29, 1.82) is 0 Å². The monoisotopic (exact) mass is 295 g/mol. The summed E-state index contributed by atoms with van der Waals surface area (Å²) in [7, 11) is 1.91. The second-order valence-electron chi connectivity index (χ2n) is 3.88. The fourth-order valence-corrected chi connectivity index (χ4v) is 2.20. The minimum atomic E-state index is 0.102. The van der Waals surface area contributed by atoms with Gasteiger partial charge in [-0.05, 0) is 34.1 Å². The quantitative estimate of drug-likeness (QED) is 0.851. The van der Waals surface area contributed by atoms with Gasteiger partial charge in [0.2, 0.25) is 0 Å². The number of hydrogen-bond donors (Lipinski definition) is 2. The summed E-state index contributed by atoms with van der Waals surface area (Å²) in [6.07, 6.45) is 1.75. The molecule has 0 saturated heterocycles. The van der Waals surface area contributed by atoms with Gasteiger partial charge in [-0.2, -0.15) is 0 Å². The molecule has 0 aliphatic carbocycles. The molecule has 1 aromatic heterocycles. The van der Waals surface area contributed by atoms with Crippen molar-refractivity contribution in [2.45, 2.75) is 0 Å². The third-order valence-electron chi connectivity index (χ3n) is 2.64. The van der Waals surface area contributed by atoms with Gasteiger partial charge in [-0.3, -0.25) is 0 Å². The Kier molecular flexibility index (Phi) is 3.49. The van der Waals surface area contributed by atoms with Crippen molar-refractivity contribution < 1.29 is 5.11 Å². The topological polar surface area (TPSA) is 62.4 Å². The van der Waals surface area contributed by atoms with Crippen molar-refractivity contribution in [3.05, 3.63) is 28.9 Å². The molecule has 0 aliphatic heterocycles. The minimum absolute atomic E-state index is 0.102. The van der Waals surface area contributed by atoms with Crippen LogP contribution in [0.4, 0.5) is 11.5 Å². The molecular weight excluding hydrogens is 282 g/mol. The molecule has 17 heavy (non-hydrogen) atoms. The third-order valence-corrected chi connectivity index (χ3v) is 3.27. The summed E-state index contributed by atoms with van der Waals surface area (Å²) in [5, 5.41) is 11.0. The molecular formula is C12H14BrN3O. The predicted octanol–water partition coefficient (Wildman–Crippen LogP) is 2.01. The summed E-state index contributed by atoms with van der Waals surface area (Å²) >= 11 is 3.47. The molecule has 5 heteroatoms. The van der Waals surface area contributed by atoms with Crippen molar-refractivity contribution in [1.82, 2.24) is 4.98 Å². The molecule has 2 rings (SSSR count). The highest BCUT2D eigenvalue weighted by Crippen LogP contribution is 2.31. The van der Waals surface area contributed by atoms with E-state index in [0.717, 1.165) is 26.8 Å². The Hall–Kier alpha value is -1.33. The Labute approximate surface area is 108 Å². The number of fused-ring (bicyclic) bond motifs is 1. The highest BCUT2D eigenvalue weighted by molar-refractivity contribution is 9.10. The van der Waals surface area contributed by atoms with Crippen LogP contribution in [0.3, 0.4) is 0 Å². The molecule has 3 N–H and O–H groups in total. The minimum Gasteiger partial charge on any atom is -0.399 e. The number of aromatic nitrogens is 1. The second kappa shape index (κ2) is 4.89. The van der Waals surface area contributed by atoms with Crippen molar-refractivity contribution in [2.75, 3.05) is 30.8 Å². The number of anilines is 2. The standard InChI is InChI=1S/C12H14BrN3O/c1-16(4-5-17)12-9-3-2-8(14)6-10(9)11(13)7-15-12/h2-3,6-7,17H,4-5,14H2,1H3. The molecule has 90 valence electrons. The van der Waals surface area contributed by atoms with Crippen LogP contribution in [-0.2, 0) is 0 Å². The van der Waals surface area contributed by atoms with E-state index >= 15 is 0 Å². The average Bonchev–Trinajstić information content (AvgIpc) is 2.30. The fraction of sp³-hybridized carbons (Fsp3) is 0.250. The molecule has 0 radical (unpaired) electrons. The van der Waals surface area contributed by atoms with E-state index in [4.69, 9.17) is 10.8 Å². The molecule has 0 atom stereocenters. The SMILES string of the molecule is CN(CCO)c1ncc(Br)c2cc(N)ccc12. The maximum absolute atomic E-state index is 8.97. The van der Waals surface area contributed by atoms with Crippen LogP contribution in [0.25, 0.3) is 10.8 Å². The zero-order valence-electron chi connectivity index (χ0n) is 9.52. The van der Waals surface area contributed by atoms with Crippen molar-refractivity contribution in [3.63, 3.8) is 0 Å². The lowest BCUT2D eigenvalue weighted by molar-refractivity contribution is 0.304. The molecule has 1 heterocycles. The Morgan fingerprint density at radius 3 is 2.88 bits per heavy atom. The first-order chi connectivity index (χ1) is 8.13. The maximum atomic E-state index is 8.97. The van der Waals surface area contributed by atoms with Gasteiger partial charge in [0, 0.05) is 40.7 Å². The number of benzene rings is 1. The van der Waals surface area contributed by atoms with Crippen LogP contribution in [0.5, 0.6) is 0 Å². The lowest BCUT2D eigenvalue weighted by Gasteiger charge is -2.19. The number of nitrogens with two attached hydrogens (primary N) is 1. The molecule has 1 aromatic carbocycles. The smallest absolute Gasteiger partial charge is 0.136 e. The summed E-state index contributed by atoms with van der Waals surface area (Å²) in [5.74, 6) is 0.845. The molecule has 4 nitrogen and oxygen atoms in total. The van der Waals surface area contributed by atoms with Gasteiger partial charge in [-0.25, -0.2) is 4.98 Å². The molecule has 0 saturated carbocycles. The Morgan fingerprint density at radius 2 is 2.18 bits per heavy atom. The van der Waals surface area contributed by atoms with E-state index in [-0.39, 0.29) is 6.61 Å². The number of pyridine rings is 1. The average molecular weight is 296 g/mol. The van der Waals surface area contributed by atoms with Gasteiger partial charge < -0.3 is 15.7 Å². The lowest BCUT2D eigenvalue weighted by atomic mass is 10.1. The summed E-state index contributed by atoms with van der Waals surface area (Å²) in [6.45, 7) is 0.652. The molecule has 0 bridgehead atoms. The Bertz CT molecular complexity index is 545. The molecule has 0 unspecified atom stereocenters. The molecule has 0 fully saturated rings. The van der Waals surface area contributed by atoms with E-state index < -0.39 is 0 Å².